The molecule has 144 valence electrons. The number of halogens is 1. The normalized spacial score (nSPS) is 21.2. The number of nitrogens with two attached hydrogens (primary N) is 1. The van der Waals surface area contributed by atoms with E-state index >= 15 is 0 Å². The van der Waals surface area contributed by atoms with Crippen molar-refractivity contribution < 1.29 is 9.59 Å². The fourth-order valence-corrected chi connectivity index (χ4v) is 3.90. The van der Waals surface area contributed by atoms with Crippen LogP contribution < -0.4 is 5.73 Å². The molecule has 2 heterocycles. The van der Waals surface area contributed by atoms with Gasteiger partial charge < -0.3 is 15.5 Å². The second-order valence-corrected chi connectivity index (χ2v) is 7.33. The van der Waals surface area contributed by atoms with E-state index in [1.165, 1.54) is 5.56 Å². The molecule has 3 rings (SSSR count). The van der Waals surface area contributed by atoms with Crippen LogP contribution >= 0.6 is 12.4 Å². The average Bonchev–Trinajstić information content (AvgIpc) is 2.66. The summed E-state index contributed by atoms with van der Waals surface area (Å²) in [5.41, 5.74) is 7.19. The molecule has 6 heteroatoms. The first-order valence-electron chi connectivity index (χ1n) is 9.49. The molecule has 2 N–H and O–H groups in total. The SMILES string of the molecule is Cl.NC1CCCN(C(=O)C2CCN(C(=O)CCc3ccccc3)CC2)C1. The van der Waals surface area contributed by atoms with Crippen molar-refractivity contribution in [3.8, 4) is 0 Å². The Morgan fingerprint density at radius 3 is 2.35 bits per heavy atom. The van der Waals surface area contributed by atoms with Crippen LogP contribution in [-0.2, 0) is 16.0 Å². The maximum absolute atomic E-state index is 12.7. The Labute approximate surface area is 162 Å². The van der Waals surface area contributed by atoms with Gasteiger partial charge in [0.2, 0.25) is 11.8 Å². The van der Waals surface area contributed by atoms with Crippen LogP contribution in [0.4, 0.5) is 0 Å². The van der Waals surface area contributed by atoms with E-state index in [1.54, 1.807) is 0 Å². The number of nitrogens with zero attached hydrogens (tertiary/aromatic N) is 2. The molecular weight excluding hydrogens is 350 g/mol. The van der Waals surface area contributed by atoms with Gasteiger partial charge >= 0.3 is 0 Å². The molecule has 2 saturated heterocycles. The number of carbonyl (C=O) groups excluding carboxylic acids is 2. The summed E-state index contributed by atoms with van der Waals surface area (Å²) in [7, 11) is 0. The molecule has 2 amide bonds. The van der Waals surface area contributed by atoms with Gasteiger partial charge in [-0.1, -0.05) is 30.3 Å². The largest absolute Gasteiger partial charge is 0.343 e. The number of hydrogen-bond acceptors (Lipinski definition) is 3. The first-order valence-corrected chi connectivity index (χ1v) is 9.49. The minimum Gasteiger partial charge on any atom is -0.343 e. The standard InChI is InChI=1S/C20H29N3O2.ClH/c21-18-7-4-12-23(15-18)20(25)17-10-13-22(14-11-17)19(24)9-8-16-5-2-1-3-6-16;/h1-3,5-6,17-18H,4,7-15,21H2;1H. The maximum Gasteiger partial charge on any atom is 0.225 e. The number of likely N-dealkylation sites (tertiary alicyclic amines) is 2. The summed E-state index contributed by atoms with van der Waals surface area (Å²) >= 11 is 0. The molecule has 1 aromatic carbocycles. The molecule has 0 saturated carbocycles. The number of hydrogen-bond donors (Lipinski definition) is 1. The summed E-state index contributed by atoms with van der Waals surface area (Å²) in [5.74, 6) is 0.504. The molecule has 0 radical (unpaired) electrons. The highest BCUT2D eigenvalue weighted by Gasteiger charge is 2.31. The number of aryl methyl sites for hydroxylation is 1. The van der Waals surface area contributed by atoms with Gasteiger partial charge in [0.05, 0.1) is 0 Å². The molecular formula is C20H30ClN3O2. The van der Waals surface area contributed by atoms with Crippen molar-refractivity contribution in [3.05, 3.63) is 35.9 Å². The highest BCUT2D eigenvalue weighted by atomic mass is 35.5. The Morgan fingerprint density at radius 2 is 1.69 bits per heavy atom. The summed E-state index contributed by atoms with van der Waals surface area (Å²) < 4.78 is 0. The highest BCUT2D eigenvalue weighted by molar-refractivity contribution is 5.85. The summed E-state index contributed by atoms with van der Waals surface area (Å²) in [6, 6.07) is 10.2. The summed E-state index contributed by atoms with van der Waals surface area (Å²) in [5, 5.41) is 0. The molecule has 0 bridgehead atoms. The van der Waals surface area contributed by atoms with Crippen molar-refractivity contribution in [2.75, 3.05) is 26.2 Å². The van der Waals surface area contributed by atoms with E-state index in [2.05, 4.69) is 12.1 Å². The van der Waals surface area contributed by atoms with Crippen LogP contribution in [0.3, 0.4) is 0 Å². The second kappa shape index (κ2) is 9.93. The number of piperidine rings is 2. The van der Waals surface area contributed by atoms with E-state index in [1.807, 2.05) is 28.0 Å². The first-order chi connectivity index (χ1) is 12.1. The van der Waals surface area contributed by atoms with Gasteiger partial charge in [-0.15, -0.1) is 12.4 Å². The van der Waals surface area contributed by atoms with Crippen molar-refractivity contribution in [1.82, 2.24) is 9.80 Å². The van der Waals surface area contributed by atoms with Crippen molar-refractivity contribution in [1.29, 1.82) is 0 Å². The third kappa shape index (κ3) is 5.45. The number of amides is 2. The summed E-state index contributed by atoms with van der Waals surface area (Å²) in [6.07, 6.45) is 4.90. The third-order valence-corrected chi connectivity index (χ3v) is 5.44. The van der Waals surface area contributed by atoms with E-state index in [0.29, 0.717) is 26.1 Å². The molecule has 2 aliphatic rings. The van der Waals surface area contributed by atoms with Gasteiger partial charge in [0.15, 0.2) is 0 Å². The van der Waals surface area contributed by atoms with Crippen LogP contribution in [0.1, 0.15) is 37.7 Å². The fourth-order valence-electron chi connectivity index (χ4n) is 3.90. The van der Waals surface area contributed by atoms with Crippen molar-refractivity contribution >= 4 is 24.2 Å². The lowest BCUT2D eigenvalue weighted by Crippen LogP contribution is -2.50. The van der Waals surface area contributed by atoms with Gasteiger partial charge in [-0.05, 0) is 37.7 Å². The summed E-state index contributed by atoms with van der Waals surface area (Å²) in [4.78, 5) is 28.9. The topological polar surface area (TPSA) is 66.6 Å². The van der Waals surface area contributed by atoms with Gasteiger partial charge in [-0.3, -0.25) is 9.59 Å². The number of carbonyl (C=O) groups is 2. The molecule has 2 aliphatic heterocycles. The third-order valence-electron chi connectivity index (χ3n) is 5.44. The number of rotatable bonds is 4. The lowest BCUT2D eigenvalue weighted by atomic mass is 9.93. The minimum absolute atomic E-state index is 0. The zero-order chi connectivity index (χ0) is 17.6. The van der Waals surface area contributed by atoms with Crippen molar-refractivity contribution in [2.24, 2.45) is 11.7 Å². The van der Waals surface area contributed by atoms with Gasteiger partial charge in [0.25, 0.3) is 0 Å². The van der Waals surface area contributed by atoms with Crippen LogP contribution in [0.2, 0.25) is 0 Å². The zero-order valence-corrected chi connectivity index (χ0v) is 16.1. The predicted octanol–water partition coefficient (Wildman–Crippen LogP) is 2.23. The summed E-state index contributed by atoms with van der Waals surface area (Å²) in [6.45, 7) is 2.92. The zero-order valence-electron chi connectivity index (χ0n) is 15.3. The molecule has 0 aliphatic carbocycles. The van der Waals surface area contributed by atoms with E-state index < -0.39 is 0 Å². The monoisotopic (exact) mass is 379 g/mol. The first kappa shape index (κ1) is 20.7. The van der Waals surface area contributed by atoms with Crippen molar-refractivity contribution in [3.63, 3.8) is 0 Å². The highest BCUT2D eigenvalue weighted by Crippen LogP contribution is 2.22. The minimum atomic E-state index is 0. The molecule has 1 atom stereocenters. The Morgan fingerprint density at radius 1 is 1.00 bits per heavy atom. The maximum atomic E-state index is 12.7. The second-order valence-electron chi connectivity index (χ2n) is 7.33. The lowest BCUT2D eigenvalue weighted by molar-refractivity contribution is -0.141. The number of benzene rings is 1. The van der Waals surface area contributed by atoms with E-state index in [9.17, 15) is 9.59 Å². The molecule has 1 unspecified atom stereocenters. The molecule has 0 aromatic heterocycles. The molecule has 0 spiro atoms. The molecule has 2 fully saturated rings. The Hall–Kier alpha value is -1.59. The van der Waals surface area contributed by atoms with Crippen molar-refractivity contribution in [2.45, 2.75) is 44.6 Å². The molecule has 5 nitrogen and oxygen atoms in total. The Kier molecular flexibility index (Phi) is 7.91. The smallest absolute Gasteiger partial charge is 0.225 e. The van der Waals surface area contributed by atoms with E-state index in [0.717, 1.165) is 38.6 Å². The van der Waals surface area contributed by atoms with E-state index in [4.69, 9.17) is 5.73 Å². The Balaban J connectivity index is 0.00000243. The average molecular weight is 380 g/mol. The van der Waals surface area contributed by atoms with E-state index in [-0.39, 0.29) is 36.2 Å². The quantitative estimate of drug-likeness (QED) is 0.872. The lowest BCUT2D eigenvalue weighted by Gasteiger charge is -2.37. The van der Waals surface area contributed by atoms with Crippen LogP contribution in [0, 0.1) is 5.92 Å². The predicted molar refractivity (Wildman–Crippen MR) is 105 cm³/mol. The Bertz CT molecular complexity index is 588. The van der Waals surface area contributed by atoms with Gasteiger partial charge in [0, 0.05) is 44.6 Å². The van der Waals surface area contributed by atoms with Gasteiger partial charge in [-0.2, -0.15) is 0 Å². The van der Waals surface area contributed by atoms with Gasteiger partial charge in [0.1, 0.15) is 0 Å². The molecule has 1 aromatic rings. The van der Waals surface area contributed by atoms with Gasteiger partial charge in [-0.25, -0.2) is 0 Å². The van der Waals surface area contributed by atoms with Crippen LogP contribution in [0.5, 0.6) is 0 Å². The van der Waals surface area contributed by atoms with Crippen LogP contribution in [0.25, 0.3) is 0 Å². The fraction of sp³-hybridized carbons (Fsp3) is 0.600. The van der Waals surface area contributed by atoms with Crippen LogP contribution in [-0.4, -0.2) is 53.8 Å². The van der Waals surface area contributed by atoms with Crippen LogP contribution in [0.15, 0.2) is 30.3 Å². The molecule has 26 heavy (non-hydrogen) atoms.